The Morgan fingerprint density at radius 3 is 2.21 bits per heavy atom. The molecule has 0 aromatic heterocycles. The van der Waals surface area contributed by atoms with Gasteiger partial charge in [0.25, 0.3) is 0 Å². The Hall–Kier alpha value is -0.490. The second kappa shape index (κ2) is 4.84. The molecule has 1 aromatic rings. The zero-order valence-electron chi connectivity index (χ0n) is 8.51. The Morgan fingerprint density at radius 1 is 0.929 bits per heavy atom. The molecule has 0 aliphatic heterocycles. The van der Waals surface area contributed by atoms with E-state index in [9.17, 15) is 0 Å². The maximum absolute atomic E-state index is 6.21. The summed E-state index contributed by atoms with van der Waals surface area (Å²) in [6.07, 6.45) is 8.20. The predicted octanol–water partition coefficient (Wildman–Crippen LogP) is 4.78. The third-order valence-corrected chi connectivity index (χ3v) is 3.54. The van der Waals surface area contributed by atoms with Gasteiger partial charge in [0.05, 0.1) is 0 Å². The molecule has 0 radical (unpaired) electrons. The average Bonchev–Trinajstić information content (AvgIpc) is 2.47. The number of hydrogen-bond acceptors (Lipinski definition) is 0. The molecule has 2 rings (SSSR count). The molecule has 0 saturated heterocycles. The molecule has 0 unspecified atom stereocenters. The van der Waals surface area contributed by atoms with Gasteiger partial charge in [-0.25, -0.2) is 0 Å². The fraction of sp³-hybridized carbons (Fsp3) is 0.538. The first-order valence-electron chi connectivity index (χ1n) is 5.62. The summed E-state index contributed by atoms with van der Waals surface area (Å²) in [5.41, 5.74) is 1.37. The van der Waals surface area contributed by atoms with E-state index < -0.39 is 0 Å². The van der Waals surface area contributed by atoms with Crippen LogP contribution in [0.15, 0.2) is 24.3 Å². The van der Waals surface area contributed by atoms with Crippen molar-refractivity contribution in [3.8, 4) is 0 Å². The lowest BCUT2D eigenvalue weighted by Gasteiger charge is -2.15. The highest BCUT2D eigenvalue weighted by molar-refractivity contribution is 6.31. The van der Waals surface area contributed by atoms with Gasteiger partial charge in [-0.3, -0.25) is 0 Å². The SMILES string of the molecule is Clc1ccccc1C1CCCCCC1. The van der Waals surface area contributed by atoms with Crippen molar-refractivity contribution >= 4 is 11.6 Å². The first-order valence-corrected chi connectivity index (χ1v) is 6.00. The van der Waals surface area contributed by atoms with E-state index in [2.05, 4.69) is 12.1 Å². The van der Waals surface area contributed by atoms with Crippen molar-refractivity contribution in [1.82, 2.24) is 0 Å². The summed E-state index contributed by atoms with van der Waals surface area (Å²) in [5.74, 6) is 0.714. The highest BCUT2D eigenvalue weighted by atomic mass is 35.5. The van der Waals surface area contributed by atoms with Gasteiger partial charge in [-0.15, -0.1) is 0 Å². The van der Waals surface area contributed by atoms with E-state index in [1.165, 1.54) is 44.1 Å². The minimum absolute atomic E-state index is 0.714. The Morgan fingerprint density at radius 2 is 1.57 bits per heavy atom. The van der Waals surface area contributed by atoms with Crippen LogP contribution in [-0.4, -0.2) is 0 Å². The van der Waals surface area contributed by atoms with Crippen molar-refractivity contribution < 1.29 is 0 Å². The molecule has 1 aliphatic carbocycles. The van der Waals surface area contributed by atoms with Crippen LogP contribution >= 0.6 is 11.6 Å². The number of benzene rings is 1. The van der Waals surface area contributed by atoms with E-state index in [-0.39, 0.29) is 0 Å². The zero-order chi connectivity index (χ0) is 9.80. The normalized spacial score (nSPS) is 19.2. The van der Waals surface area contributed by atoms with Crippen molar-refractivity contribution in [2.75, 3.05) is 0 Å². The minimum atomic E-state index is 0.714. The minimum Gasteiger partial charge on any atom is -0.0840 e. The summed E-state index contributed by atoms with van der Waals surface area (Å²) < 4.78 is 0. The van der Waals surface area contributed by atoms with E-state index in [1.807, 2.05) is 12.1 Å². The monoisotopic (exact) mass is 208 g/mol. The van der Waals surface area contributed by atoms with Crippen LogP contribution in [0.1, 0.15) is 50.0 Å². The predicted molar refractivity (Wildman–Crippen MR) is 61.9 cm³/mol. The van der Waals surface area contributed by atoms with Gasteiger partial charge >= 0.3 is 0 Å². The van der Waals surface area contributed by atoms with Gasteiger partial charge in [-0.1, -0.05) is 55.5 Å². The summed E-state index contributed by atoms with van der Waals surface area (Å²) in [6.45, 7) is 0. The second-order valence-corrected chi connectivity index (χ2v) is 4.62. The maximum atomic E-state index is 6.21. The lowest BCUT2D eigenvalue weighted by Crippen LogP contribution is -1.97. The number of hydrogen-bond donors (Lipinski definition) is 0. The fourth-order valence-electron chi connectivity index (χ4n) is 2.40. The van der Waals surface area contributed by atoms with Crippen LogP contribution in [0.3, 0.4) is 0 Å². The molecule has 0 bridgehead atoms. The molecular weight excluding hydrogens is 192 g/mol. The molecule has 0 N–H and O–H groups in total. The van der Waals surface area contributed by atoms with Gasteiger partial charge in [-0.05, 0) is 30.4 Å². The van der Waals surface area contributed by atoms with Crippen molar-refractivity contribution in [1.29, 1.82) is 0 Å². The van der Waals surface area contributed by atoms with Crippen LogP contribution in [0.4, 0.5) is 0 Å². The van der Waals surface area contributed by atoms with Crippen LogP contribution in [0.2, 0.25) is 5.02 Å². The molecule has 0 nitrogen and oxygen atoms in total. The number of halogens is 1. The zero-order valence-corrected chi connectivity index (χ0v) is 9.26. The molecule has 1 aromatic carbocycles. The molecule has 0 amide bonds. The summed E-state index contributed by atoms with van der Waals surface area (Å²) in [6, 6.07) is 8.33. The first kappa shape index (κ1) is 10.0. The summed E-state index contributed by atoms with van der Waals surface area (Å²) in [5, 5.41) is 0.958. The highest BCUT2D eigenvalue weighted by Gasteiger charge is 2.15. The summed E-state index contributed by atoms with van der Waals surface area (Å²) in [4.78, 5) is 0. The molecular formula is C13H17Cl. The van der Waals surface area contributed by atoms with E-state index >= 15 is 0 Å². The van der Waals surface area contributed by atoms with Gasteiger partial charge < -0.3 is 0 Å². The topological polar surface area (TPSA) is 0 Å². The first-order chi connectivity index (χ1) is 6.88. The highest BCUT2D eigenvalue weighted by Crippen LogP contribution is 2.34. The van der Waals surface area contributed by atoms with Gasteiger partial charge in [0, 0.05) is 5.02 Å². The van der Waals surface area contributed by atoms with Crippen LogP contribution < -0.4 is 0 Å². The molecule has 0 heterocycles. The Kier molecular flexibility index (Phi) is 3.47. The molecule has 0 spiro atoms. The fourth-order valence-corrected chi connectivity index (χ4v) is 2.69. The Balaban J connectivity index is 2.16. The van der Waals surface area contributed by atoms with E-state index in [0.29, 0.717) is 5.92 Å². The molecule has 76 valence electrons. The van der Waals surface area contributed by atoms with Crippen molar-refractivity contribution in [3.63, 3.8) is 0 Å². The van der Waals surface area contributed by atoms with Crippen LogP contribution in [0.5, 0.6) is 0 Å². The Labute approximate surface area is 91.3 Å². The smallest absolute Gasteiger partial charge is 0.0440 e. The molecule has 14 heavy (non-hydrogen) atoms. The summed E-state index contributed by atoms with van der Waals surface area (Å²) >= 11 is 6.21. The molecule has 1 fully saturated rings. The number of rotatable bonds is 1. The van der Waals surface area contributed by atoms with Crippen LogP contribution in [-0.2, 0) is 0 Å². The molecule has 0 atom stereocenters. The van der Waals surface area contributed by atoms with Gasteiger partial charge in [0.2, 0.25) is 0 Å². The van der Waals surface area contributed by atoms with Crippen LogP contribution in [0.25, 0.3) is 0 Å². The second-order valence-electron chi connectivity index (χ2n) is 4.21. The van der Waals surface area contributed by atoms with Gasteiger partial charge in [0.1, 0.15) is 0 Å². The Bertz CT molecular complexity index is 285. The van der Waals surface area contributed by atoms with E-state index in [0.717, 1.165) is 5.02 Å². The lowest BCUT2D eigenvalue weighted by molar-refractivity contribution is 0.593. The van der Waals surface area contributed by atoms with E-state index in [1.54, 1.807) is 0 Å². The van der Waals surface area contributed by atoms with Crippen molar-refractivity contribution in [2.24, 2.45) is 0 Å². The van der Waals surface area contributed by atoms with Crippen molar-refractivity contribution in [2.45, 2.75) is 44.4 Å². The lowest BCUT2D eigenvalue weighted by atomic mass is 9.92. The van der Waals surface area contributed by atoms with Crippen molar-refractivity contribution in [3.05, 3.63) is 34.9 Å². The quantitative estimate of drug-likeness (QED) is 0.583. The molecule has 1 heteroatoms. The largest absolute Gasteiger partial charge is 0.0840 e. The van der Waals surface area contributed by atoms with Crippen LogP contribution in [0, 0.1) is 0 Å². The average molecular weight is 209 g/mol. The third-order valence-electron chi connectivity index (χ3n) is 3.20. The van der Waals surface area contributed by atoms with Gasteiger partial charge in [-0.2, -0.15) is 0 Å². The van der Waals surface area contributed by atoms with E-state index in [4.69, 9.17) is 11.6 Å². The maximum Gasteiger partial charge on any atom is 0.0440 e. The standard InChI is InChI=1S/C13H17Cl/c14-13-10-6-5-9-12(13)11-7-3-1-2-4-8-11/h5-6,9-11H,1-4,7-8H2. The third kappa shape index (κ3) is 2.30. The summed E-state index contributed by atoms with van der Waals surface area (Å²) in [7, 11) is 0. The molecule has 1 aliphatic rings. The molecule has 1 saturated carbocycles. The van der Waals surface area contributed by atoms with Gasteiger partial charge in [0.15, 0.2) is 0 Å².